The highest BCUT2D eigenvalue weighted by atomic mass is 19.4. The predicted molar refractivity (Wildman–Crippen MR) is 62.0 cm³/mol. The number of carbonyl (C=O) groups excluding carboxylic acids is 1. The molecule has 1 amide bonds. The van der Waals surface area contributed by atoms with Crippen molar-refractivity contribution >= 4 is 5.91 Å². The van der Waals surface area contributed by atoms with Gasteiger partial charge in [-0.05, 0) is 30.7 Å². The molecule has 19 heavy (non-hydrogen) atoms. The Morgan fingerprint density at radius 2 is 2.05 bits per heavy atom. The molecule has 1 atom stereocenters. The second-order valence-corrected chi connectivity index (χ2v) is 4.24. The van der Waals surface area contributed by atoms with Crippen LogP contribution in [0, 0.1) is 11.7 Å². The van der Waals surface area contributed by atoms with Gasteiger partial charge in [-0.2, -0.15) is 13.2 Å². The molecule has 0 aliphatic heterocycles. The molecule has 0 spiro atoms. The van der Waals surface area contributed by atoms with E-state index in [2.05, 4.69) is 5.32 Å². The van der Waals surface area contributed by atoms with Crippen molar-refractivity contribution in [1.82, 2.24) is 5.32 Å². The Labute approximate surface area is 107 Å². The zero-order valence-corrected chi connectivity index (χ0v) is 10.2. The summed E-state index contributed by atoms with van der Waals surface area (Å²) in [5, 5.41) is 2.44. The normalized spacial score (nSPS) is 13.2. The fraction of sp³-hybridized carbons (Fsp3) is 0.417. The van der Waals surface area contributed by atoms with Crippen molar-refractivity contribution in [2.75, 3.05) is 13.1 Å². The summed E-state index contributed by atoms with van der Waals surface area (Å²) in [6.07, 6.45) is -4.83. The van der Waals surface area contributed by atoms with Crippen LogP contribution in [0.1, 0.15) is 22.8 Å². The van der Waals surface area contributed by atoms with Crippen molar-refractivity contribution in [3.63, 3.8) is 0 Å². The topological polar surface area (TPSA) is 55.1 Å². The Kier molecular flexibility index (Phi) is 4.88. The van der Waals surface area contributed by atoms with Gasteiger partial charge in [0.1, 0.15) is 5.82 Å². The van der Waals surface area contributed by atoms with E-state index < -0.39 is 23.5 Å². The van der Waals surface area contributed by atoms with E-state index >= 15 is 0 Å². The summed E-state index contributed by atoms with van der Waals surface area (Å²) < 4.78 is 50.4. The van der Waals surface area contributed by atoms with Gasteiger partial charge < -0.3 is 11.1 Å². The molecule has 0 saturated heterocycles. The minimum atomic E-state index is -4.83. The Bertz CT molecular complexity index is 460. The molecule has 106 valence electrons. The minimum absolute atomic E-state index is 0.00600. The van der Waals surface area contributed by atoms with Crippen LogP contribution in [0.4, 0.5) is 17.6 Å². The molecule has 0 saturated carbocycles. The van der Waals surface area contributed by atoms with Gasteiger partial charge in [-0.3, -0.25) is 4.79 Å². The van der Waals surface area contributed by atoms with Crippen molar-refractivity contribution in [2.24, 2.45) is 11.7 Å². The maximum absolute atomic E-state index is 13.0. The molecule has 0 aliphatic rings. The van der Waals surface area contributed by atoms with Gasteiger partial charge in [-0.15, -0.1) is 0 Å². The number of halogens is 4. The van der Waals surface area contributed by atoms with Crippen molar-refractivity contribution in [3.05, 3.63) is 35.1 Å². The number of amides is 1. The van der Waals surface area contributed by atoms with Crippen molar-refractivity contribution in [3.8, 4) is 0 Å². The SMILES string of the molecule is CC(CN)CNC(=O)c1ccc(F)c(C(F)(F)F)c1. The van der Waals surface area contributed by atoms with E-state index in [-0.39, 0.29) is 18.0 Å². The van der Waals surface area contributed by atoms with Gasteiger partial charge in [0.05, 0.1) is 5.56 Å². The summed E-state index contributed by atoms with van der Waals surface area (Å²) in [6.45, 7) is 2.37. The number of hydrogen-bond donors (Lipinski definition) is 2. The predicted octanol–water partition coefficient (Wildman–Crippen LogP) is 2.17. The molecule has 1 aromatic carbocycles. The zero-order valence-electron chi connectivity index (χ0n) is 10.2. The van der Waals surface area contributed by atoms with Gasteiger partial charge in [-0.25, -0.2) is 4.39 Å². The number of nitrogens with two attached hydrogens (primary N) is 1. The lowest BCUT2D eigenvalue weighted by Gasteiger charge is -2.12. The number of hydrogen-bond acceptors (Lipinski definition) is 2. The number of nitrogens with one attached hydrogen (secondary N) is 1. The first-order valence-electron chi connectivity index (χ1n) is 5.60. The molecule has 7 heteroatoms. The molecule has 1 aromatic rings. The lowest BCUT2D eigenvalue weighted by atomic mass is 10.1. The van der Waals surface area contributed by atoms with Crippen molar-refractivity contribution in [2.45, 2.75) is 13.1 Å². The molecular formula is C12H14F4N2O. The Morgan fingerprint density at radius 3 is 2.58 bits per heavy atom. The number of carbonyl (C=O) groups is 1. The maximum Gasteiger partial charge on any atom is 0.419 e. The van der Waals surface area contributed by atoms with E-state index in [1.54, 1.807) is 6.92 Å². The molecule has 1 rings (SSSR count). The van der Waals surface area contributed by atoms with Crippen LogP contribution in [0.25, 0.3) is 0 Å². The third kappa shape index (κ3) is 4.20. The molecule has 0 fully saturated rings. The standard InChI is InChI=1S/C12H14F4N2O/c1-7(5-17)6-18-11(19)8-2-3-10(13)9(4-8)12(14,15)16/h2-4,7H,5-6,17H2,1H3,(H,18,19). The van der Waals surface area contributed by atoms with E-state index in [1.807, 2.05) is 0 Å². The minimum Gasteiger partial charge on any atom is -0.352 e. The molecule has 0 radical (unpaired) electrons. The Hall–Kier alpha value is -1.63. The van der Waals surface area contributed by atoms with Crippen LogP contribution in [0.15, 0.2) is 18.2 Å². The number of rotatable bonds is 4. The second kappa shape index (κ2) is 6.01. The lowest BCUT2D eigenvalue weighted by Crippen LogP contribution is -2.31. The molecule has 0 aromatic heterocycles. The van der Waals surface area contributed by atoms with Crippen LogP contribution in [0.5, 0.6) is 0 Å². The summed E-state index contributed by atoms with van der Waals surface area (Å²) in [4.78, 5) is 11.6. The smallest absolute Gasteiger partial charge is 0.352 e. The van der Waals surface area contributed by atoms with E-state index in [0.29, 0.717) is 18.7 Å². The molecule has 3 N–H and O–H groups in total. The molecule has 0 bridgehead atoms. The third-order valence-corrected chi connectivity index (χ3v) is 2.55. The highest BCUT2D eigenvalue weighted by Gasteiger charge is 2.34. The van der Waals surface area contributed by atoms with Crippen molar-refractivity contribution < 1.29 is 22.4 Å². The molecule has 3 nitrogen and oxygen atoms in total. The first kappa shape index (κ1) is 15.4. The largest absolute Gasteiger partial charge is 0.419 e. The summed E-state index contributed by atoms with van der Waals surface area (Å²) in [7, 11) is 0. The Balaban J connectivity index is 2.87. The fourth-order valence-electron chi connectivity index (χ4n) is 1.34. The van der Waals surface area contributed by atoms with Crippen LogP contribution in [-0.2, 0) is 6.18 Å². The van der Waals surface area contributed by atoms with E-state index in [1.165, 1.54) is 0 Å². The van der Waals surface area contributed by atoms with Gasteiger partial charge >= 0.3 is 6.18 Å². The van der Waals surface area contributed by atoms with Crippen LogP contribution in [0.2, 0.25) is 0 Å². The van der Waals surface area contributed by atoms with Crippen LogP contribution in [0.3, 0.4) is 0 Å². The first-order valence-corrected chi connectivity index (χ1v) is 5.60. The van der Waals surface area contributed by atoms with Gasteiger partial charge in [-0.1, -0.05) is 6.92 Å². The number of alkyl halides is 3. The fourth-order valence-corrected chi connectivity index (χ4v) is 1.34. The molecule has 0 aliphatic carbocycles. The van der Waals surface area contributed by atoms with Crippen LogP contribution in [-0.4, -0.2) is 19.0 Å². The summed E-state index contributed by atoms with van der Waals surface area (Å²) in [5.41, 5.74) is 3.66. The molecular weight excluding hydrogens is 264 g/mol. The number of benzene rings is 1. The van der Waals surface area contributed by atoms with Gasteiger partial charge in [0.15, 0.2) is 0 Å². The third-order valence-electron chi connectivity index (χ3n) is 2.55. The van der Waals surface area contributed by atoms with Gasteiger partial charge in [0, 0.05) is 12.1 Å². The summed E-state index contributed by atoms with van der Waals surface area (Å²) in [5.74, 6) is -2.09. The molecule has 1 unspecified atom stereocenters. The van der Waals surface area contributed by atoms with Gasteiger partial charge in [0.2, 0.25) is 0 Å². The first-order chi connectivity index (χ1) is 8.75. The van der Waals surface area contributed by atoms with E-state index in [9.17, 15) is 22.4 Å². The monoisotopic (exact) mass is 278 g/mol. The van der Waals surface area contributed by atoms with Crippen LogP contribution < -0.4 is 11.1 Å². The second-order valence-electron chi connectivity index (χ2n) is 4.24. The summed E-state index contributed by atoms with van der Waals surface area (Å²) in [6, 6.07) is 2.13. The van der Waals surface area contributed by atoms with Gasteiger partial charge in [0.25, 0.3) is 5.91 Å². The zero-order chi connectivity index (χ0) is 14.6. The average Bonchev–Trinajstić information content (AvgIpc) is 2.34. The highest BCUT2D eigenvalue weighted by molar-refractivity contribution is 5.94. The average molecular weight is 278 g/mol. The van der Waals surface area contributed by atoms with Crippen LogP contribution >= 0.6 is 0 Å². The van der Waals surface area contributed by atoms with Crippen molar-refractivity contribution in [1.29, 1.82) is 0 Å². The van der Waals surface area contributed by atoms with E-state index in [0.717, 1.165) is 6.07 Å². The summed E-state index contributed by atoms with van der Waals surface area (Å²) >= 11 is 0. The molecule has 0 heterocycles. The highest BCUT2D eigenvalue weighted by Crippen LogP contribution is 2.31. The van der Waals surface area contributed by atoms with E-state index in [4.69, 9.17) is 5.73 Å². The maximum atomic E-state index is 13.0. The Morgan fingerprint density at radius 1 is 1.42 bits per heavy atom. The quantitative estimate of drug-likeness (QED) is 0.829. The lowest BCUT2D eigenvalue weighted by molar-refractivity contribution is -0.140.